The van der Waals surface area contributed by atoms with Crippen molar-refractivity contribution in [2.75, 3.05) is 10.0 Å². The van der Waals surface area contributed by atoms with Gasteiger partial charge in [-0.05, 0) is 65.0 Å². The van der Waals surface area contributed by atoms with Gasteiger partial charge in [0.25, 0.3) is 15.9 Å². The first-order valence-electron chi connectivity index (χ1n) is 10.8. The minimum absolute atomic E-state index is 0.124. The number of sulfonamides is 1. The van der Waals surface area contributed by atoms with Crippen LogP contribution in [-0.2, 0) is 10.0 Å². The number of tetrazole rings is 1. The number of rotatable bonds is 7. The number of H-pyrrole nitrogens is 2. The van der Waals surface area contributed by atoms with Crippen molar-refractivity contribution in [1.82, 2.24) is 25.6 Å². The summed E-state index contributed by atoms with van der Waals surface area (Å²) in [4.78, 5) is 15.7. The Balaban J connectivity index is 1.39. The van der Waals surface area contributed by atoms with Crippen LogP contribution in [0.15, 0.2) is 76.1 Å². The van der Waals surface area contributed by atoms with E-state index in [0.717, 1.165) is 28.7 Å². The van der Waals surface area contributed by atoms with Crippen LogP contribution in [0.5, 0.6) is 5.75 Å². The number of amides is 1. The van der Waals surface area contributed by atoms with Crippen LogP contribution in [0, 0.1) is 0 Å². The highest BCUT2D eigenvalue weighted by Crippen LogP contribution is 2.31. The van der Waals surface area contributed by atoms with Crippen LogP contribution in [0.25, 0.3) is 22.3 Å². The number of carbonyl (C=O) groups is 1. The van der Waals surface area contributed by atoms with Crippen molar-refractivity contribution in [2.45, 2.75) is 11.3 Å². The van der Waals surface area contributed by atoms with Gasteiger partial charge in [0, 0.05) is 15.4 Å². The Morgan fingerprint density at radius 2 is 1.77 bits per heavy atom. The quantitative estimate of drug-likeness (QED) is 0.198. The fourth-order valence-electron chi connectivity index (χ4n) is 3.67. The summed E-state index contributed by atoms with van der Waals surface area (Å²) in [6, 6.07) is 15.1. The van der Waals surface area contributed by atoms with E-state index in [1.165, 1.54) is 6.07 Å². The van der Waals surface area contributed by atoms with E-state index in [-0.39, 0.29) is 16.3 Å². The summed E-state index contributed by atoms with van der Waals surface area (Å²) in [7, 11) is -4.19. The maximum absolute atomic E-state index is 13.1. The maximum Gasteiger partial charge on any atom is 0.573 e. The molecule has 0 saturated carbocycles. The lowest BCUT2D eigenvalue weighted by atomic mass is 10.1. The number of carbonyl (C=O) groups excluding carboxylic acids is 1. The van der Waals surface area contributed by atoms with Crippen molar-refractivity contribution in [3.63, 3.8) is 0 Å². The Morgan fingerprint density at radius 1 is 1.00 bits per heavy atom. The number of ether oxygens (including phenoxy) is 1. The van der Waals surface area contributed by atoms with Crippen molar-refractivity contribution in [3.8, 4) is 17.1 Å². The molecule has 0 spiro atoms. The van der Waals surface area contributed by atoms with Crippen molar-refractivity contribution in [2.24, 2.45) is 0 Å². The fourth-order valence-corrected chi connectivity index (χ4v) is 5.10. The van der Waals surface area contributed by atoms with Gasteiger partial charge in [0.2, 0.25) is 0 Å². The number of aromatic nitrogens is 5. The normalized spacial score (nSPS) is 11.9. The Labute approximate surface area is 225 Å². The molecule has 16 heteroatoms. The molecule has 0 unspecified atom stereocenters. The largest absolute Gasteiger partial charge is 0.573 e. The van der Waals surface area contributed by atoms with Crippen molar-refractivity contribution in [1.29, 1.82) is 0 Å². The average Bonchev–Trinajstić information content (AvgIpc) is 3.55. The smallest absolute Gasteiger partial charge is 0.406 e. The van der Waals surface area contributed by atoms with E-state index in [0.29, 0.717) is 28.0 Å². The van der Waals surface area contributed by atoms with Crippen molar-refractivity contribution in [3.05, 3.63) is 76.9 Å². The van der Waals surface area contributed by atoms with E-state index in [1.54, 1.807) is 36.4 Å². The minimum atomic E-state index is -4.90. The van der Waals surface area contributed by atoms with E-state index in [1.807, 2.05) is 0 Å². The highest BCUT2D eigenvalue weighted by atomic mass is 79.9. The zero-order valence-corrected chi connectivity index (χ0v) is 21.6. The molecule has 0 bridgehead atoms. The first kappa shape index (κ1) is 26.2. The Morgan fingerprint density at radius 3 is 2.46 bits per heavy atom. The second-order valence-electron chi connectivity index (χ2n) is 7.97. The number of alkyl halides is 3. The van der Waals surface area contributed by atoms with Crippen molar-refractivity contribution >= 4 is 54.1 Å². The van der Waals surface area contributed by atoms with Gasteiger partial charge in [-0.25, -0.2) is 13.5 Å². The number of aromatic amines is 2. The second kappa shape index (κ2) is 10.0. The molecule has 0 aliphatic heterocycles. The number of hydrogen-bond donors (Lipinski definition) is 4. The summed E-state index contributed by atoms with van der Waals surface area (Å²) in [6.07, 6.45) is -4.90. The molecular formula is C23H15BrF3N7O4S. The molecular weight excluding hydrogens is 607 g/mol. The molecule has 0 aliphatic rings. The number of benzene rings is 3. The lowest BCUT2D eigenvalue weighted by molar-refractivity contribution is -0.274. The first-order chi connectivity index (χ1) is 18.5. The van der Waals surface area contributed by atoms with E-state index >= 15 is 0 Å². The van der Waals surface area contributed by atoms with Gasteiger partial charge in [0.05, 0.1) is 21.8 Å². The van der Waals surface area contributed by atoms with Crippen LogP contribution >= 0.6 is 15.9 Å². The number of halogens is 4. The summed E-state index contributed by atoms with van der Waals surface area (Å²) >= 11 is 3.37. The van der Waals surface area contributed by atoms with Gasteiger partial charge in [-0.3, -0.25) is 9.52 Å². The predicted octanol–water partition coefficient (Wildman–Crippen LogP) is 5.06. The van der Waals surface area contributed by atoms with Crippen molar-refractivity contribution < 1.29 is 31.1 Å². The van der Waals surface area contributed by atoms with Gasteiger partial charge >= 0.3 is 6.36 Å². The number of anilines is 2. The van der Waals surface area contributed by atoms with Crippen LogP contribution < -0.4 is 14.8 Å². The summed E-state index contributed by atoms with van der Waals surface area (Å²) in [6.45, 7) is 0. The van der Waals surface area contributed by atoms with Gasteiger partial charge < -0.3 is 15.0 Å². The van der Waals surface area contributed by atoms with E-state index in [2.05, 4.69) is 56.3 Å². The number of hydrogen-bond acceptors (Lipinski definition) is 7. The highest BCUT2D eigenvalue weighted by molar-refractivity contribution is 9.10. The molecule has 5 aromatic rings. The average molecular weight is 622 g/mol. The molecule has 0 radical (unpaired) electrons. The fraction of sp³-hybridized carbons (Fsp3) is 0.0435. The van der Waals surface area contributed by atoms with Crippen LogP contribution in [0.4, 0.5) is 24.5 Å². The molecule has 200 valence electrons. The van der Waals surface area contributed by atoms with Gasteiger partial charge in [0.1, 0.15) is 11.4 Å². The lowest BCUT2D eigenvalue weighted by Crippen LogP contribution is -2.17. The third kappa shape index (κ3) is 5.85. The van der Waals surface area contributed by atoms with Gasteiger partial charge in [0.15, 0.2) is 5.82 Å². The summed E-state index contributed by atoms with van der Waals surface area (Å²) in [5, 5.41) is 16.9. The lowest BCUT2D eigenvalue weighted by Gasteiger charge is -2.11. The standard InChI is InChI=1S/C23H15BrF3N7O4S/c24-13-4-9-17(16(11-13)21-30-33-34-31-21)29-22(35)19-10-12-2-1-3-18(20(12)28-19)32-39(36,37)15-7-5-14(6-8-15)38-23(25,26)27/h1-11,28,32H,(H,29,35)(H,30,31,33,34). The van der Waals surface area contributed by atoms with Crippen LogP contribution in [0.3, 0.4) is 0 Å². The summed E-state index contributed by atoms with van der Waals surface area (Å²) < 4.78 is 69.9. The highest BCUT2D eigenvalue weighted by Gasteiger charge is 2.31. The Bertz CT molecular complexity index is 1770. The third-order valence-corrected chi connectivity index (χ3v) is 7.22. The number of nitrogens with one attached hydrogen (secondary N) is 4. The zero-order valence-electron chi connectivity index (χ0n) is 19.2. The number of para-hydroxylation sites is 1. The molecule has 11 nitrogen and oxygen atoms in total. The molecule has 2 aromatic heterocycles. The second-order valence-corrected chi connectivity index (χ2v) is 10.6. The molecule has 5 rings (SSSR count). The van der Waals surface area contributed by atoms with E-state index < -0.39 is 28.0 Å². The van der Waals surface area contributed by atoms with Crippen LogP contribution in [-0.4, -0.2) is 46.3 Å². The summed E-state index contributed by atoms with van der Waals surface area (Å²) in [5.74, 6) is -0.744. The van der Waals surface area contributed by atoms with Crippen LogP contribution in [0.1, 0.15) is 10.5 Å². The first-order valence-corrected chi connectivity index (χ1v) is 13.1. The third-order valence-electron chi connectivity index (χ3n) is 5.34. The SMILES string of the molecule is O=C(Nc1ccc(Br)cc1-c1nnn[nH]1)c1cc2cccc(NS(=O)(=O)c3ccc(OC(F)(F)F)cc3)c2[nH]1. The predicted molar refractivity (Wildman–Crippen MR) is 137 cm³/mol. The number of fused-ring (bicyclic) bond motifs is 1. The van der Waals surface area contributed by atoms with Gasteiger partial charge in [-0.15, -0.1) is 18.3 Å². The minimum Gasteiger partial charge on any atom is -0.406 e. The van der Waals surface area contributed by atoms with Gasteiger partial charge in [-0.1, -0.05) is 28.1 Å². The zero-order chi connectivity index (χ0) is 27.8. The molecule has 1 amide bonds. The molecule has 0 saturated heterocycles. The monoisotopic (exact) mass is 621 g/mol. The molecule has 39 heavy (non-hydrogen) atoms. The molecule has 2 heterocycles. The Kier molecular flexibility index (Phi) is 6.73. The Hall–Kier alpha value is -4.44. The van der Waals surface area contributed by atoms with Gasteiger partial charge in [-0.2, -0.15) is 0 Å². The summed E-state index contributed by atoms with van der Waals surface area (Å²) in [5.41, 5.74) is 1.52. The van der Waals surface area contributed by atoms with Crippen LogP contribution in [0.2, 0.25) is 0 Å². The molecule has 0 atom stereocenters. The molecule has 0 fully saturated rings. The molecule has 4 N–H and O–H groups in total. The molecule has 0 aliphatic carbocycles. The number of nitrogens with zero attached hydrogens (tertiary/aromatic N) is 3. The molecule has 3 aromatic carbocycles. The topological polar surface area (TPSA) is 155 Å². The van der Waals surface area contributed by atoms with E-state index in [4.69, 9.17) is 0 Å². The van der Waals surface area contributed by atoms with E-state index in [9.17, 15) is 26.4 Å². The maximum atomic E-state index is 13.1.